The summed E-state index contributed by atoms with van der Waals surface area (Å²) in [5.41, 5.74) is 2.01. The van der Waals surface area contributed by atoms with Crippen LogP contribution in [0.5, 0.6) is 0 Å². The number of carbonyl (C=O) groups is 1. The predicted molar refractivity (Wildman–Crippen MR) is 64.7 cm³/mol. The lowest BCUT2D eigenvalue weighted by molar-refractivity contribution is -0.146. The summed E-state index contributed by atoms with van der Waals surface area (Å²) in [5, 5.41) is 2.21. The zero-order chi connectivity index (χ0) is 14.6. The lowest BCUT2D eigenvalue weighted by Crippen LogP contribution is -2.37. The first-order valence-electron chi connectivity index (χ1n) is 5.70. The van der Waals surface area contributed by atoms with Crippen LogP contribution in [0, 0.1) is 13.8 Å². The first kappa shape index (κ1) is 15.5. The number of hydrogen-bond acceptors (Lipinski definition) is 3. The Morgan fingerprint density at radius 3 is 2.26 bits per heavy atom. The number of ether oxygens (including phenoxy) is 1. The molecule has 0 aromatic heterocycles. The van der Waals surface area contributed by atoms with Gasteiger partial charge in [0.25, 0.3) is 0 Å². The molecule has 3 nitrogen and oxygen atoms in total. The molecule has 0 aliphatic rings. The fourth-order valence-electron chi connectivity index (χ4n) is 1.92. The van der Waals surface area contributed by atoms with Crippen molar-refractivity contribution >= 4 is 5.97 Å². The minimum atomic E-state index is -4.39. The highest BCUT2D eigenvalue weighted by atomic mass is 19.4. The zero-order valence-corrected chi connectivity index (χ0v) is 11.0. The van der Waals surface area contributed by atoms with Gasteiger partial charge in [-0.1, -0.05) is 18.2 Å². The molecule has 106 valence electrons. The van der Waals surface area contributed by atoms with Crippen molar-refractivity contribution in [1.29, 1.82) is 0 Å². The van der Waals surface area contributed by atoms with E-state index in [1.165, 1.54) is 0 Å². The Kier molecular flexibility index (Phi) is 4.94. The minimum absolute atomic E-state index is 0.526. The second-order valence-electron chi connectivity index (χ2n) is 4.26. The summed E-state index contributed by atoms with van der Waals surface area (Å²) in [6.45, 7) is 2.24. The van der Waals surface area contributed by atoms with Crippen molar-refractivity contribution in [2.45, 2.75) is 26.1 Å². The normalized spacial score (nSPS) is 13.2. The molecule has 0 amide bonds. The van der Waals surface area contributed by atoms with Gasteiger partial charge in [0.2, 0.25) is 0 Å². The molecule has 1 atom stereocenters. The lowest BCUT2D eigenvalue weighted by atomic mass is 9.96. The van der Waals surface area contributed by atoms with Crippen LogP contribution >= 0.6 is 0 Å². The molecular weight excluding hydrogens is 259 g/mol. The van der Waals surface area contributed by atoms with Gasteiger partial charge in [0.05, 0.1) is 13.7 Å². The summed E-state index contributed by atoms with van der Waals surface area (Å²) in [7, 11) is 1.15. The molecule has 1 rings (SSSR count). The summed E-state index contributed by atoms with van der Waals surface area (Å²) in [4.78, 5) is 11.7. The molecule has 1 unspecified atom stereocenters. The van der Waals surface area contributed by atoms with Crippen molar-refractivity contribution in [3.63, 3.8) is 0 Å². The SMILES string of the molecule is COC(=O)C(NCC(F)(F)F)c1c(C)cccc1C. The van der Waals surface area contributed by atoms with Crippen LogP contribution in [0.3, 0.4) is 0 Å². The van der Waals surface area contributed by atoms with Crippen LogP contribution in [0.2, 0.25) is 0 Å². The monoisotopic (exact) mass is 275 g/mol. The average Bonchev–Trinajstić information content (AvgIpc) is 2.30. The van der Waals surface area contributed by atoms with E-state index in [-0.39, 0.29) is 0 Å². The standard InChI is InChI=1S/C13H16F3NO2/c1-8-5-4-6-9(2)10(8)11(12(18)19-3)17-7-13(14,15)16/h4-6,11,17H,7H2,1-3H3. The van der Waals surface area contributed by atoms with Gasteiger partial charge in [-0.05, 0) is 30.5 Å². The van der Waals surface area contributed by atoms with Gasteiger partial charge in [0, 0.05) is 0 Å². The average molecular weight is 275 g/mol. The summed E-state index contributed by atoms with van der Waals surface area (Å²) < 4.78 is 41.4. The van der Waals surface area contributed by atoms with Crippen molar-refractivity contribution < 1.29 is 22.7 Å². The van der Waals surface area contributed by atoms with Gasteiger partial charge in [0.1, 0.15) is 6.04 Å². The number of aryl methyl sites for hydroxylation is 2. The van der Waals surface area contributed by atoms with Crippen LogP contribution in [-0.2, 0) is 9.53 Å². The second kappa shape index (κ2) is 6.06. The van der Waals surface area contributed by atoms with Crippen LogP contribution in [0.15, 0.2) is 18.2 Å². The molecule has 0 spiro atoms. The van der Waals surface area contributed by atoms with Crippen molar-refractivity contribution in [1.82, 2.24) is 5.32 Å². The fraction of sp³-hybridized carbons (Fsp3) is 0.462. The number of carbonyl (C=O) groups excluding carboxylic acids is 1. The predicted octanol–water partition coefficient (Wildman–Crippen LogP) is 2.67. The zero-order valence-electron chi connectivity index (χ0n) is 11.0. The molecule has 0 radical (unpaired) electrons. The first-order valence-corrected chi connectivity index (χ1v) is 5.70. The van der Waals surface area contributed by atoms with Crippen molar-refractivity contribution in [3.8, 4) is 0 Å². The van der Waals surface area contributed by atoms with E-state index in [0.717, 1.165) is 18.2 Å². The van der Waals surface area contributed by atoms with Crippen molar-refractivity contribution in [3.05, 3.63) is 34.9 Å². The molecule has 1 aromatic rings. The van der Waals surface area contributed by atoms with E-state index in [0.29, 0.717) is 5.56 Å². The van der Waals surface area contributed by atoms with Crippen LogP contribution in [0.4, 0.5) is 13.2 Å². The van der Waals surface area contributed by atoms with Gasteiger partial charge in [-0.25, -0.2) is 4.79 Å². The maximum absolute atomic E-state index is 12.3. The Morgan fingerprint density at radius 1 is 1.32 bits per heavy atom. The number of halogens is 3. The topological polar surface area (TPSA) is 38.3 Å². The summed E-state index contributed by atoms with van der Waals surface area (Å²) in [5.74, 6) is -0.735. The highest BCUT2D eigenvalue weighted by molar-refractivity contribution is 5.78. The number of nitrogens with one attached hydrogen (secondary N) is 1. The Balaban J connectivity index is 3.07. The number of hydrogen-bond donors (Lipinski definition) is 1. The fourth-order valence-corrected chi connectivity index (χ4v) is 1.92. The van der Waals surface area contributed by atoms with E-state index >= 15 is 0 Å². The minimum Gasteiger partial charge on any atom is -0.468 e. The Morgan fingerprint density at radius 2 is 1.84 bits per heavy atom. The molecule has 0 aliphatic carbocycles. The number of rotatable bonds is 4. The van der Waals surface area contributed by atoms with Gasteiger partial charge in [-0.2, -0.15) is 13.2 Å². The number of methoxy groups -OCH3 is 1. The smallest absolute Gasteiger partial charge is 0.401 e. The van der Waals surface area contributed by atoms with E-state index in [1.54, 1.807) is 32.0 Å². The molecule has 0 aliphatic heterocycles. The molecule has 0 saturated carbocycles. The van der Waals surface area contributed by atoms with Gasteiger partial charge in [-0.3, -0.25) is 5.32 Å². The lowest BCUT2D eigenvalue weighted by Gasteiger charge is -2.21. The van der Waals surface area contributed by atoms with Crippen molar-refractivity contribution in [2.24, 2.45) is 0 Å². The third kappa shape index (κ3) is 4.24. The number of alkyl halides is 3. The Labute approximate surface area is 109 Å². The van der Waals surface area contributed by atoms with E-state index in [2.05, 4.69) is 10.1 Å². The van der Waals surface area contributed by atoms with Crippen LogP contribution in [0.1, 0.15) is 22.7 Å². The van der Waals surface area contributed by atoms with E-state index < -0.39 is 24.7 Å². The van der Waals surface area contributed by atoms with Crippen LogP contribution in [-0.4, -0.2) is 25.8 Å². The maximum Gasteiger partial charge on any atom is 0.401 e. The third-order valence-corrected chi connectivity index (χ3v) is 2.77. The molecule has 0 heterocycles. The summed E-state index contributed by atoms with van der Waals surface area (Å²) in [6.07, 6.45) is -4.39. The molecule has 0 fully saturated rings. The van der Waals surface area contributed by atoms with E-state index in [9.17, 15) is 18.0 Å². The number of benzene rings is 1. The molecular formula is C13H16F3NO2. The Hall–Kier alpha value is -1.56. The summed E-state index contributed by atoms with van der Waals surface area (Å²) >= 11 is 0. The van der Waals surface area contributed by atoms with Crippen LogP contribution in [0.25, 0.3) is 0 Å². The largest absolute Gasteiger partial charge is 0.468 e. The molecule has 0 saturated heterocycles. The van der Waals surface area contributed by atoms with Gasteiger partial charge in [-0.15, -0.1) is 0 Å². The summed E-state index contributed by atoms with van der Waals surface area (Å²) in [6, 6.07) is 4.15. The second-order valence-corrected chi connectivity index (χ2v) is 4.26. The Bertz CT molecular complexity index is 437. The van der Waals surface area contributed by atoms with Gasteiger partial charge in [0.15, 0.2) is 0 Å². The molecule has 19 heavy (non-hydrogen) atoms. The molecule has 1 N–H and O–H groups in total. The van der Waals surface area contributed by atoms with Gasteiger partial charge < -0.3 is 4.74 Å². The van der Waals surface area contributed by atoms with E-state index in [4.69, 9.17) is 0 Å². The van der Waals surface area contributed by atoms with Crippen LogP contribution < -0.4 is 5.32 Å². The molecule has 6 heteroatoms. The molecule has 0 bridgehead atoms. The molecule has 1 aromatic carbocycles. The quantitative estimate of drug-likeness (QED) is 0.859. The van der Waals surface area contributed by atoms with Crippen molar-refractivity contribution in [2.75, 3.05) is 13.7 Å². The first-order chi connectivity index (χ1) is 8.76. The highest BCUT2D eigenvalue weighted by Crippen LogP contribution is 2.24. The third-order valence-electron chi connectivity index (χ3n) is 2.77. The van der Waals surface area contributed by atoms with E-state index in [1.807, 2.05) is 0 Å². The van der Waals surface area contributed by atoms with Gasteiger partial charge >= 0.3 is 12.1 Å². The maximum atomic E-state index is 12.3. The number of esters is 1. The highest BCUT2D eigenvalue weighted by Gasteiger charge is 2.32.